The molecule has 0 saturated carbocycles. The highest BCUT2D eigenvalue weighted by Gasteiger charge is 2.31. The molecule has 0 radical (unpaired) electrons. The molecule has 228 valence electrons. The van der Waals surface area contributed by atoms with Gasteiger partial charge in [0, 0.05) is 0 Å². The highest BCUT2D eigenvalue weighted by Crippen LogP contribution is 2.42. The first kappa shape index (κ1) is 35.1. The average Bonchev–Trinajstić information content (AvgIpc) is 2.87. The topological polar surface area (TPSA) is 40.5 Å². The SMILES string of the molecule is CC1=C(/C=C(O)/C(C)=C/C=C/C(C)=C/C=C/C=C(C)/C=C/C=C(C)/C=C/C2=C(C)CC(O)CC2(C)C)C(C)(C)CCC1. The fourth-order valence-corrected chi connectivity index (χ4v) is 5.97. The molecular formula is C40H56O2. The summed E-state index contributed by atoms with van der Waals surface area (Å²) in [6.45, 7) is 21.5. The van der Waals surface area contributed by atoms with Crippen molar-refractivity contribution >= 4 is 0 Å². The molecule has 0 spiro atoms. The standard InChI is InChI=1S/C40H56O2/c1-29(18-13-19-31(3)23-24-36-34(6)26-35(41)28-40(36,9)10)16-11-12-17-30(2)20-14-21-33(5)38(42)27-37-32(4)22-15-25-39(37,7)8/h11-14,16-21,23-24,27,35,41-42H,15,22,25-26,28H2,1-10H3/b12-11+,18-13+,20-14+,24-23+,29-16+,30-17+,31-19+,33-21+,38-27-. The second-order valence-corrected chi connectivity index (χ2v) is 13.6. The highest BCUT2D eigenvalue weighted by molar-refractivity contribution is 5.40. The van der Waals surface area contributed by atoms with Crippen LogP contribution in [0.5, 0.6) is 0 Å². The monoisotopic (exact) mass is 568 g/mol. The van der Waals surface area contributed by atoms with Crippen molar-refractivity contribution in [2.75, 3.05) is 0 Å². The molecule has 42 heavy (non-hydrogen) atoms. The fourth-order valence-electron chi connectivity index (χ4n) is 5.97. The molecule has 2 nitrogen and oxygen atoms in total. The average molecular weight is 569 g/mol. The van der Waals surface area contributed by atoms with E-state index in [1.807, 2.05) is 31.2 Å². The van der Waals surface area contributed by atoms with Gasteiger partial charge >= 0.3 is 0 Å². The third-order valence-electron chi connectivity index (χ3n) is 8.47. The Bertz CT molecular complexity index is 1300. The summed E-state index contributed by atoms with van der Waals surface area (Å²) in [5.41, 5.74) is 9.79. The van der Waals surface area contributed by atoms with Crippen molar-refractivity contribution in [3.63, 3.8) is 0 Å². The largest absolute Gasteiger partial charge is 0.508 e. The van der Waals surface area contributed by atoms with Gasteiger partial charge in [0.1, 0.15) is 5.76 Å². The third kappa shape index (κ3) is 11.3. The van der Waals surface area contributed by atoms with E-state index in [1.165, 1.54) is 39.9 Å². The van der Waals surface area contributed by atoms with Gasteiger partial charge in [0.25, 0.3) is 0 Å². The van der Waals surface area contributed by atoms with E-state index >= 15 is 0 Å². The maximum atomic E-state index is 10.7. The van der Waals surface area contributed by atoms with Crippen LogP contribution in [0.1, 0.15) is 101 Å². The van der Waals surface area contributed by atoms with Crippen LogP contribution in [0.15, 0.2) is 129 Å². The molecule has 0 fully saturated rings. The quantitative estimate of drug-likeness (QED) is 0.203. The van der Waals surface area contributed by atoms with Crippen LogP contribution in [0.25, 0.3) is 0 Å². The highest BCUT2D eigenvalue weighted by atomic mass is 16.3. The number of allylic oxidation sites excluding steroid dienone is 20. The van der Waals surface area contributed by atoms with Crippen molar-refractivity contribution in [1.29, 1.82) is 0 Å². The molecule has 1 atom stereocenters. The molecule has 0 aromatic heterocycles. The van der Waals surface area contributed by atoms with Gasteiger partial charge < -0.3 is 10.2 Å². The molecule has 2 aliphatic rings. The third-order valence-corrected chi connectivity index (χ3v) is 8.47. The smallest absolute Gasteiger partial charge is 0.118 e. The minimum absolute atomic E-state index is 0.00182. The maximum Gasteiger partial charge on any atom is 0.118 e. The van der Waals surface area contributed by atoms with E-state index in [-0.39, 0.29) is 16.9 Å². The van der Waals surface area contributed by atoms with Gasteiger partial charge in [-0.25, -0.2) is 0 Å². The van der Waals surface area contributed by atoms with Crippen LogP contribution in [-0.4, -0.2) is 16.3 Å². The van der Waals surface area contributed by atoms with Gasteiger partial charge in [-0.1, -0.05) is 128 Å². The van der Waals surface area contributed by atoms with Gasteiger partial charge in [0.2, 0.25) is 0 Å². The molecule has 0 aromatic carbocycles. The number of rotatable bonds is 10. The summed E-state index contributed by atoms with van der Waals surface area (Å²) in [6.07, 6.45) is 31.9. The van der Waals surface area contributed by atoms with Crippen molar-refractivity contribution < 1.29 is 10.2 Å². The Labute approximate surface area is 257 Å². The number of aliphatic hydroxyl groups is 2. The van der Waals surface area contributed by atoms with E-state index in [2.05, 4.69) is 117 Å². The molecule has 0 saturated heterocycles. The van der Waals surface area contributed by atoms with Crippen LogP contribution in [0.4, 0.5) is 0 Å². The van der Waals surface area contributed by atoms with Crippen LogP contribution in [0.2, 0.25) is 0 Å². The summed E-state index contributed by atoms with van der Waals surface area (Å²) in [5.74, 6) is 0.349. The van der Waals surface area contributed by atoms with E-state index in [4.69, 9.17) is 0 Å². The zero-order chi connectivity index (χ0) is 31.5. The Morgan fingerprint density at radius 2 is 1.26 bits per heavy atom. The molecule has 0 bridgehead atoms. The Morgan fingerprint density at radius 3 is 1.83 bits per heavy atom. The molecule has 1 unspecified atom stereocenters. The summed E-state index contributed by atoms with van der Waals surface area (Å²) in [5, 5.41) is 20.8. The molecular weight excluding hydrogens is 512 g/mol. The van der Waals surface area contributed by atoms with Gasteiger partial charge in [-0.2, -0.15) is 0 Å². The first-order valence-electron chi connectivity index (χ1n) is 15.5. The Hall–Kier alpha value is -3.10. The minimum Gasteiger partial charge on any atom is -0.508 e. The molecule has 0 amide bonds. The maximum absolute atomic E-state index is 10.7. The van der Waals surface area contributed by atoms with Crippen LogP contribution >= 0.6 is 0 Å². The Balaban J connectivity index is 1.94. The van der Waals surface area contributed by atoms with Crippen LogP contribution in [0.3, 0.4) is 0 Å². The van der Waals surface area contributed by atoms with Crippen molar-refractivity contribution in [3.05, 3.63) is 129 Å². The van der Waals surface area contributed by atoms with Crippen molar-refractivity contribution in [2.24, 2.45) is 10.8 Å². The van der Waals surface area contributed by atoms with E-state index in [1.54, 1.807) is 0 Å². The number of hydrogen-bond donors (Lipinski definition) is 2. The Morgan fingerprint density at radius 1 is 0.714 bits per heavy atom. The lowest BCUT2D eigenvalue weighted by atomic mass is 9.71. The molecule has 2 heteroatoms. The molecule has 0 aliphatic heterocycles. The Kier molecular flexibility index (Phi) is 13.3. The molecule has 2 rings (SSSR count). The predicted molar refractivity (Wildman–Crippen MR) is 184 cm³/mol. The summed E-state index contributed by atoms with van der Waals surface area (Å²) in [4.78, 5) is 0. The minimum atomic E-state index is -0.229. The van der Waals surface area contributed by atoms with Gasteiger partial charge in [-0.3, -0.25) is 0 Å². The molecule has 2 aliphatic carbocycles. The van der Waals surface area contributed by atoms with E-state index in [0.717, 1.165) is 36.8 Å². The van der Waals surface area contributed by atoms with Gasteiger partial charge in [-0.05, 0) is 107 Å². The zero-order valence-electron chi connectivity index (χ0n) is 28.0. The van der Waals surface area contributed by atoms with Gasteiger partial charge in [0.05, 0.1) is 6.10 Å². The first-order chi connectivity index (χ1) is 19.6. The first-order valence-corrected chi connectivity index (χ1v) is 15.5. The lowest BCUT2D eigenvalue weighted by Crippen LogP contribution is -2.28. The van der Waals surface area contributed by atoms with Gasteiger partial charge in [0.15, 0.2) is 0 Å². The van der Waals surface area contributed by atoms with Crippen LogP contribution in [-0.2, 0) is 0 Å². The van der Waals surface area contributed by atoms with E-state index in [9.17, 15) is 10.2 Å². The lowest BCUT2D eigenvalue weighted by Gasteiger charge is -2.35. The predicted octanol–water partition coefficient (Wildman–Crippen LogP) is 11.5. The summed E-state index contributed by atoms with van der Waals surface area (Å²) in [6, 6.07) is 0. The normalized spacial score (nSPS) is 23.5. The van der Waals surface area contributed by atoms with Crippen molar-refractivity contribution in [3.8, 4) is 0 Å². The molecule has 0 heterocycles. The van der Waals surface area contributed by atoms with Crippen molar-refractivity contribution in [1.82, 2.24) is 0 Å². The summed E-state index contributed by atoms with van der Waals surface area (Å²) >= 11 is 0. The van der Waals surface area contributed by atoms with E-state index in [0.29, 0.717) is 5.76 Å². The van der Waals surface area contributed by atoms with E-state index < -0.39 is 0 Å². The summed E-state index contributed by atoms with van der Waals surface area (Å²) in [7, 11) is 0. The lowest BCUT2D eigenvalue weighted by molar-refractivity contribution is 0.116. The van der Waals surface area contributed by atoms with Crippen LogP contribution in [0, 0.1) is 10.8 Å². The van der Waals surface area contributed by atoms with Crippen LogP contribution < -0.4 is 0 Å². The molecule has 0 aromatic rings. The second kappa shape index (κ2) is 15.9. The number of aliphatic hydroxyl groups excluding tert-OH is 2. The second-order valence-electron chi connectivity index (χ2n) is 13.6. The fraction of sp³-hybridized carbons (Fsp3) is 0.450. The van der Waals surface area contributed by atoms with Crippen molar-refractivity contribution in [2.45, 2.75) is 107 Å². The summed E-state index contributed by atoms with van der Waals surface area (Å²) < 4.78 is 0. The molecule has 2 N–H and O–H groups in total. The van der Waals surface area contributed by atoms with Gasteiger partial charge in [-0.15, -0.1) is 0 Å². The zero-order valence-corrected chi connectivity index (χ0v) is 28.0. The number of hydrogen-bond acceptors (Lipinski definition) is 2.